The normalized spacial score (nSPS) is 20.1. The van der Waals surface area contributed by atoms with Crippen LogP contribution in [0, 0.1) is 11.8 Å². The van der Waals surface area contributed by atoms with E-state index in [2.05, 4.69) is 22.1 Å². The first-order valence-corrected chi connectivity index (χ1v) is 8.48. The van der Waals surface area contributed by atoms with Gasteiger partial charge in [-0.15, -0.1) is 0 Å². The van der Waals surface area contributed by atoms with Gasteiger partial charge in [0, 0.05) is 17.8 Å². The number of hydrogen-bond acceptors (Lipinski definition) is 5. The number of carbonyl (C=O) groups is 1. The van der Waals surface area contributed by atoms with Crippen molar-refractivity contribution >= 4 is 15.7 Å². The molecule has 6 nitrogen and oxygen atoms in total. The zero-order valence-electron chi connectivity index (χ0n) is 11.5. The van der Waals surface area contributed by atoms with Crippen LogP contribution in [0.25, 0.3) is 0 Å². The molecule has 2 rings (SSSR count). The van der Waals surface area contributed by atoms with Crippen LogP contribution in [0.3, 0.4) is 0 Å². The number of nitrogens with two attached hydrogens (primary N) is 1. The molecule has 0 aliphatic carbocycles. The first-order chi connectivity index (χ1) is 10.00. The minimum atomic E-state index is -3.04. The first kappa shape index (κ1) is 15.5. The van der Waals surface area contributed by atoms with Gasteiger partial charge in [-0.25, -0.2) is 13.4 Å². The van der Waals surface area contributed by atoms with Crippen LogP contribution < -0.4 is 11.1 Å². The van der Waals surface area contributed by atoms with Gasteiger partial charge in [0.2, 0.25) is 0 Å². The molecule has 1 aliphatic rings. The van der Waals surface area contributed by atoms with Crippen molar-refractivity contribution in [3.63, 3.8) is 0 Å². The summed E-state index contributed by atoms with van der Waals surface area (Å²) in [6.45, 7) is 0.262. The minimum Gasteiger partial charge on any atom is -0.347 e. The monoisotopic (exact) mass is 307 g/mol. The number of rotatable bonds is 2. The van der Waals surface area contributed by atoms with E-state index in [1.54, 1.807) is 12.1 Å². The lowest BCUT2D eigenvalue weighted by atomic mass is 10.2. The smallest absolute Gasteiger partial charge is 0.270 e. The zero-order chi connectivity index (χ0) is 15.3. The van der Waals surface area contributed by atoms with Crippen LogP contribution in [0.1, 0.15) is 28.9 Å². The summed E-state index contributed by atoms with van der Waals surface area (Å²) in [5, 5.41) is 2.72. The summed E-state index contributed by atoms with van der Waals surface area (Å²) in [6, 6.07) is 2.91. The van der Waals surface area contributed by atoms with Gasteiger partial charge in [-0.2, -0.15) is 0 Å². The summed E-state index contributed by atoms with van der Waals surface area (Å²) in [5.74, 6) is 5.35. The van der Waals surface area contributed by atoms with Gasteiger partial charge in [-0.3, -0.25) is 4.79 Å². The van der Waals surface area contributed by atoms with E-state index in [4.69, 9.17) is 5.73 Å². The summed E-state index contributed by atoms with van der Waals surface area (Å²) in [4.78, 5) is 16.1. The Labute approximate surface area is 124 Å². The van der Waals surface area contributed by atoms with E-state index < -0.39 is 9.84 Å². The van der Waals surface area contributed by atoms with Crippen molar-refractivity contribution in [3.8, 4) is 11.8 Å². The lowest BCUT2D eigenvalue weighted by Crippen LogP contribution is -2.43. The van der Waals surface area contributed by atoms with Crippen molar-refractivity contribution in [1.29, 1.82) is 0 Å². The molecule has 0 radical (unpaired) electrons. The Hall–Kier alpha value is -1.91. The number of nitrogens with one attached hydrogen (secondary N) is 1. The number of sulfone groups is 1. The topological polar surface area (TPSA) is 102 Å². The van der Waals surface area contributed by atoms with Gasteiger partial charge in [-0.1, -0.05) is 11.8 Å². The molecule has 7 heteroatoms. The van der Waals surface area contributed by atoms with E-state index in [1.807, 2.05) is 0 Å². The second-order valence-corrected chi connectivity index (χ2v) is 7.09. The predicted octanol–water partition coefficient (Wildman–Crippen LogP) is -0.301. The highest BCUT2D eigenvalue weighted by Gasteiger charge is 2.26. The van der Waals surface area contributed by atoms with Crippen LogP contribution in [0.4, 0.5) is 0 Å². The molecule has 2 heterocycles. The van der Waals surface area contributed by atoms with Gasteiger partial charge in [0.15, 0.2) is 9.84 Å². The highest BCUT2D eigenvalue weighted by molar-refractivity contribution is 7.91. The van der Waals surface area contributed by atoms with Crippen LogP contribution in [0.5, 0.6) is 0 Å². The molecular weight excluding hydrogens is 290 g/mol. The van der Waals surface area contributed by atoms with Crippen LogP contribution in [-0.4, -0.2) is 43.4 Å². The molecule has 21 heavy (non-hydrogen) atoms. The molecule has 0 bridgehead atoms. The Kier molecular flexibility index (Phi) is 4.94. The van der Waals surface area contributed by atoms with Crippen LogP contribution in [-0.2, 0) is 9.84 Å². The summed E-state index contributed by atoms with van der Waals surface area (Å²) in [6.07, 6.45) is 2.74. The zero-order valence-corrected chi connectivity index (χ0v) is 12.3. The number of nitrogens with zero attached hydrogens (tertiary/aromatic N) is 1. The third-order valence-electron chi connectivity index (χ3n) is 3.13. The second-order valence-electron chi connectivity index (χ2n) is 4.86. The van der Waals surface area contributed by atoms with E-state index in [1.165, 1.54) is 6.20 Å². The predicted molar refractivity (Wildman–Crippen MR) is 79.3 cm³/mol. The molecule has 112 valence electrons. The quantitative estimate of drug-likeness (QED) is 0.730. The van der Waals surface area contributed by atoms with Crippen molar-refractivity contribution in [2.24, 2.45) is 5.73 Å². The molecule has 0 spiro atoms. The Morgan fingerprint density at radius 1 is 1.48 bits per heavy atom. The maximum atomic E-state index is 12.0. The Balaban J connectivity index is 2.00. The van der Waals surface area contributed by atoms with E-state index in [9.17, 15) is 13.2 Å². The molecule has 1 saturated heterocycles. The molecule has 1 amide bonds. The SMILES string of the molecule is NCC#Cc1ccc(C(=O)NC2CCCS(=O)(=O)C2)nc1. The Morgan fingerprint density at radius 2 is 2.29 bits per heavy atom. The first-order valence-electron chi connectivity index (χ1n) is 6.66. The van der Waals surface area contributed by atoms with E-state index in [0.717, 1.165) is 0 Å². The molecule has 3 N–H and O–H groups in total. The molecule has 1 atom stereocenters. The van der Waals surface area contributed by atoms with E-state index in [-0.39, 0.29) is 35.7 Å². The standard InChI is InChI=1S/C14H17N3O3S/c15-7-1-3-11-5-6-13(16-9-11)14(18)17-12-4-2-8-21(19,20)10-12/h5-6,9,12H,2,4,7-8,10,15H2,(H,17,18). The molecule has 1 aromatic rings. The van der Waals surface area contributed by atoms with E-state index >= 15 is 0 Å². The molecule has 1 aliphatic heterocycles. The molecule has 0 aromatic carbocycles. The van der Waals surface area contributed by atoms with Gasteiger partial charge < -0.3 is 11.1 Å². The largest absolute Gasteiger partial charge is 0.347 e. The Bertz CT molecular complexity index is 672. The van der Waals surface area contributed by atoms with Crippen molar-refractivity contribution in [2.75, 3.05) is 18.1 Å². The third kappa shape index (κ3) is 4.55. The number of pyridine rings is 1. The summed E-state index contributed by atoms with van der Waals surface area (Å²) in [5.41, 5.74) is 6.20. The molecule has 0 saturated carbocycles. The fraction of sp³-hybridized carbons (Fsp3) is 0.429. The highest BCUT2D eigenvalue weighted by atomic mass is 32.2. The third-order valence-corrected chi connectivity index (χ3v) is 4.95. The van der Waals surface area contributed by atoms with Gasteiger partial charge in [-0.05, 0) is 25.0 Å². The summed E-state index contributed by atoms with van der Waals surface area (Å²) in [7, 11) is -3.04. The number of carbonyl (C=O) groups excluding carboxylic acids is 1. The van der Waals surface area contributed by atoms with E-state index in [0.29, 0.717) is 18.4 Å². The van der Waals surface area contributed by atoms with Gasteiger partial charge in [0.05, 0.1) is 18.1 Å². The number of aromatic nitrogens is 1. The fourth-order valence-corrected chi connectivity index (χ4v) is 3.79. The van der Waals surface area contributed by atoms with Crippen LogP contribution in [0.2, 0.25) is 0 Å². The molecule has 1 unspecified atom stereocenters. The van der Waals surface area contributed by atoms with Crippen molar-refractivity contribution in [2.45, 2.75) is 18.9 Å². The average Bonchev–Trinajstić information content (AvgIpc) is 2.44. The van der Waals surface area contributed by atoms with Crippen molar-refractivity contribution in [3.05, 3.63) is 29.6 Å². The van der Waals surface area contributed by atoms with Crippen LogP contribution in [0.15, 0.2) is 18.3 Å². The van der Waals surface area contributed by atoms with Gasteiger partial charge >= 0.3 is 0 Å². The second kappa shape index (κ2) is 6.70. The van der Waals surface area contributed by atoms with Gasteiger partial charge in [0.1, 0.15) is 5.69 Å². The summed E-state index contributed by atoms with van der Waals surface area (Å²) >= 11 is 0. The maximum Gasteiger partial charge on any atom is 0.270 e. The lowest BCUT2D eigenvalue weighted by molar-refractivity contribution is 0.0933. The van der Waals surface area contributed by atoms with Gasteiger partial charge in [0.25, 0.3) is 5.91 Å². The Morgan fingerprint density at radius 3 is 2.90 bits per heavy atom. The molecular formula is C14H17N3O3S. The van der Waals surface area contributed by atoms with Crippen molar-refractivity contribution in [1.82, 2.24) is 10.3 Å². The fourth-order valence-electron chi connectivity index (χ4n) is 2.15. The average molecular weight is 307 g/mol. The van der Waals surface area contributed by atoms with Crippen molar-refractivity contribution < 1.29 is 13.2 Å². The minimum absolute atomic E-state index is 0.00119. The number of amides is 1. The maximum absolute atomic E-state index is 12.0. The highest BCUT2D eigenvalue weighted by Crippen LogP contribution is 2.12. The summed E-state index contributed by atoms with van der Waals surface area (Å²) < 4.78 is 23.1. The lowest BCUT2D eigenvalue weighted by Gasteiger charge is -2.22. The molecule has 1 fully saturated rings. The molecule has 1 aromatic heterocycles. The number of hydrogen-bond donors (Lipinski definition) is 2. The van der Waals surface area contributed by atoms with Crippen LogP contribution >= 0.6 is 0 Å².